The van der Waals surface area contributed by atoms with E-state index in [2.05, 4.69) is 13.8 Å². The predicted octanol–water partition coefficient (Wildman–Crippen LogP) is 9.48. The standard InChI is InChI=1S/C41H56O2/c1-23-35(39-12-25-3-26(13-39)5-27(4-25)14-39)36(40-15-28-6-29(16-40)8-30(7-28)17-40)24(2)38(43-22-34-21-42-34)37(23)41-18-31-9-32(19-41)11-33(10-31)20-41/h25-34H,3-22H2,1-2H3. The van der Waals surface area contributed by atoms with Crippen LogP contribution in [0.25, 0.3) is 0 Å². The van der Waals surface area contributed by atoms with Gasteiger partial charge in [0.2, 0.25) is 0 Å². The maximum absolute atomic E-state index is 7.22. The smallest absolute Gasteiger partial charge is 0.126 e. The van der Waals surface area contributed by atoms with Crippen LogP contribution in [0.4, 0.5) is 0 Å². The number of benzene rings is 1. The molecule has 0 radical (unpaired) electrons. The second-order valence-corrected chi connectivity index (χ2v) is 19.6. The van der Waals surface area contributed by atoms with E-state index in [1.165, 1.54) is 102 Å². The Balaban J connectivity index is 1.17. The molecule has 0 N–H and O–H groups in total. The molecule has 13 aliphatic rings. The number of hydrogen-bond donors (Lipinski definition) is 0. The summed E-state index contributed by atoms with van der Waals surface area (Å²) in [6.07, 6.45) is 27.5. The zero-order chi connectivity index (χ0) is 28.3. The highest BCUT2D eigenvalue weighted by Gasteiger charge is 2.60. The summed E-state index contributed by atoms with van der Waals surface area (Å²) in [5.41, 5.74) is 10.3. The molecule has 1 saturated heterocycles. The minimum atomic E-state index is 0.328. The van der Waals surface area contributed by atoms with E-state index in [0.29, 0.717) is 22.3 Å². The number of hydrogen-bond acceptors (Lipinski definition) is 2. The second kappa shape index (κ2) is 8.66. The Bertz CT molecular complexity index is 1260. The Morgan fingerprint density at radius 2 is 0.791 bits per heavy atom. The van der Waals surface area contributed by atoms with E-state index in [4.69, 9.17) is 9.47 Å². The molecule has 1 aliphatic heterocycles. The van der Waals surface area contributed by atoms with Crippen molar-refractivity contribution in [2.24, 2.45) is 53.3 Å². The summed E-state index contributed by atoms with van der Waals surface area (Å²) in [6, 6.07) is 0. The molecule has 43 heavy (non-hydrogen) atoms. The molecular formula is C41H56O2. The van der Waals surface area contributed by atoms with E-state index in [1.54, 1.807) is 36.0 Å². The third-order valence-corrected chi connectivity index (χ3v) is 16.5. The van der Waals surface area contributed by atoms with Crippen LogP contribution in [0.2, 0.25) is 0 Å². The summed E-state index contributed by atoms with van der Waals surface area (Å²) in [5.74, 6) is 10.3. The summed E-state index contributed by atoms with van der Waals surface area (Å²) in [7, 11) is 0. The molecule has 1 aromatic rings. The van der Waals surface area contributed by atoms with Gasteiger partial charge in [0.15, 0.2) is 0 Å². The fourth-order valence-electron chi connectivity index (χ4n) is 16.7. The van der Waals surface area contributed by atoms with Gasteiger partial charge in [0, 0.05) is 11.0 Å². The van der Waals surface area contributed by atoms with Gasteiger partial charge in [-0.15, -0.1) is 0 Å². The van der Waals surface area contributed by atoms with Crippen LogP contribution >= 0.6 is 0 Å². The fraction of sp³-hybridized carbons (Fsp3) is 0.854. The molecule has 1 aromatic carbocycles. The molecule has 1 atom stereocenters. The predicted molar refractivity (Wildman–Crippen MR) is 171 cm³/mol. The van der Waals surface area contributed by atoms with Crippen molar-refractivity contribution < 1.29 is 9.47 Å². The van der Waals surface area contributed by atoms with Gasteiger partial charge in [-0.1, -0.05) is 0 Å². The van der Waals surface area contributed by atoms with Crippen molar-refractivity contribution in [2.45, 2.75) is 152 Å². The minimum Gasteiger partial charge on any atom is -0.490 e. The van der Waals surface area contributed by atoms with E-state index in [9.17, 15) is 0 Å². The van der Waals surface area contributed by atoms with Gasteiger partial charge in [0.25, 0.3) is 0 Å². The first-order valence-electron chi connectivity index (χ1n) is 19.3. The summed E-state index contributed by atoms with van der Waals surface area (Å²) >= 11 is 0. The molecule has 0 spiro atoms. The first-order valence-corrected chi connectivity index (χ1v) is 19.3. The summed E-state index contributed by atoms with van der Waals surface area (Å²) in [5, 5.41) is 0. The topological polar surface area (TPSA) is 21.8 Å². The molecule has 12 saturated carbocycles. The van der Waals surface area contributed by atoms with Crippen LogP contribution in [-0.4, -0.2) is 19.3 Å². The lowest BCUT2D eigenvalue weighted by atomic mass is 9.42. The molecule has 2 heteroatoms. The summed E-state index contributed by atoms with van der Waals surface area (Å²) in [4.78, 5) is 0. The van der Waals surface area contributed by atoms with Gasteiger partial charge in [0.05, 0.1) is 6.61 Å². The molecule has 0 amide bonds. The fourth-order valence-corrected chi connectivity index (χ4v) is 16.7. The maximum atomic E-state index is 7.22. The van der Waals surface area contributed by atoms with E-state index in [-0.39, 0.29) is 0 Å². The quantitative estimate of drug-likeness (QED) is 0.313. The number of ether oxygens (including phenoxy) is 2. The van der Waals surface area contributed by atoms with Crippen molar-refractivity contribution in [1.29, 1.82) is 0 Å². The first kappa shape index (κ1) is 26.1. The van der Waals surface area contributed by atoms with Gasteiger partial charge in [-0.05, 0) is 216 Å². The minimum absolute atomic E-state index is 0.328. The Kier molecular flexibility index (Phi) is 5.25. The van der Waals surface area contributed by atoms with Gasteiger partial charge < -0.3 is 9.47 Å². The zero-order valence-electron chi connectivity index (χ0n) is 27.2. The van der Waals surface area contributed by atoms with Gasteiger partial charge in [-0.25, -0.2) is 0 Å². The molecule has 0 aromatic heterocycles. The second-order valence-electron chi connectivity index (χ2n) is 19.6. The average molecular weight is 581 g/mol. The van der Waals surface area contributed by atoms with Crippen molar-refractivity contribution in [3.63, 3.8) is 0 Å². The highest BCUT2D eigenvalue weighted by atomic mass is 16.6. The molecule has 12 aliphatic carbocycles. The van der Waals surface area contributed by atoms with Crippen molar-refractivity contribution in [3.8, 4) is 5.75 Å². The van der Waals surface area contributed by atoms with E-state index in [1.807, 2.05) is 11.1 Å². The molecule has 14 rings (SSSR count). The van der Waals surface area contributed by atoms with Gasteiger partial charge >= 0.3 is 0 Å². The molecule has 232 valence electrons. The van der Waals surface area contributed by atoms with Crippen molar-refractivity contribution in [3.05, 3.63) is 27.8 Å². The lowest BCUT2D eigenvalue weighted by Crippen LogP contribution is -2.54. The summed E-state index contributed by atoms with van der Waals surface area (Å²) < 4.78 is 13.0. The molecule has 2 nitrogen and oxygen atoms in total. The van der Waals surface area contributed by atoms with Crippen LogP contribution < -0.4 is 4.74 Å². The lowest BCUT2D eigenvalue weighted by molar-refractivity contribution is -0.0194. The number of epoxide rings is 1. The molecule has 1 heterocycles. The monoisotopic (exact) mass is 580 g/mol. The average Bonchev–Trinajstić information content (AvgIpc) is 3.75. The Morgan fingerprint density at radius 3 is 1.12 bits per heavy atom. The SMILES string of the molecule is Cc1c(OCC2CO2)c(C23CC4CC(CC(C4)C2)C3)c(C)c(C23CC4CC(CC(C4)C2)C3)c1C12CC3CC(CC(C3)C1)C2. The normalized spacial score (nSPS) is 52.8. The first-order chi connectivity index (χ1) is 20.9. The van der Waals surface area contributed by atoms with Crippen LogP contribution in [0.3, 0.4) is 0 Å². The number of rotatable bonds is 6. The molecular weight excluding hydrogens is 524 g/mol. The highest BCUT2D eigenvalue weighted by molar-refractivity contribution is 5.63. The highest BCUT2D eigenvalue weighted by Crippen LogP contribution is 2.69. The lowest BCUT2D eigenvalue weighted by Gasteiger charge is -2.62. The van der Waals surface area contributed by atoms with Crippen molar-refractivity contribution >= 4 is 0 Å². The Morgan fingerprint density at radius 1 is 0.488 bits per heavy atom. The van der Waals surface area contributed by atoms with E-state index in [0.717, 1.165) is 66.5 Å². The van der Waals surface area contributed by atoms with Crippen LogP contribution in [0.15, 0.2) is 0 Å². The van der Waals surface area contributed by atoms with Crippen LogP contribution in [0, 0.1) is 67.1 Å². The van der Waals surface area contributed by atoms with Crippen molar-refractivity contribution in [1.82, 2.24) is 0 Å². The van der Waals surface area contributed by atoms with Crippen LogP contribution in [0.5, 0.6) is 5.75 Å². The van der Waals surface area contributed by atoms with Gasteiger partial charge in [-0.2, -0.15) is 0 Å². The zero-order valence-corrected chi connectivity index (χ0v) is 27.2. The van der Waals surface area contributed by atoms with Crippen LogP contribution in [0.1, 0.15) is 143 Å². The van der Waals surface area contributed by atoms with Crippen LogP contribution in [-0.2, 0) is 21.0 Å². The van der Waals surface area contributed by atoms with Gasteiger partial charge in [-0.3, -0.25) is 0 Å². The largest absolute Gasteiger partial charge is 0.490 e. The third kappa shape index (κ3) is 3.69. The van der Waals surface area contributed by atoms with E-state index < -0.39 is 0 Å². The maximum Gasteiger partial charge on any atom is 0.126 e. The molecule has 13 fully saturated rings. The Hall–Kier alpha value is -1.02. The Labute approximate surface area is 260 Å². The summed E-state index contributed by atoms with van der Waals surface area (Å²) in [6.45, 7) is 6.96. The third-order valence-electron chi connectivity index (χ3n) is 16.5. The van der Waals surface area contributed by atoms with E-state index >= 15 is 0 Å². The molecule has 12 bridgehead atoms. The molecule has 1 unspecified atom stereocenters. The van der Waals surface area contributed by atoms with Crippen molar-refractivity contribution in [2.75, 3.05) is 13.2 Å². The van der Waals surface area contributed by atoms with Gasteiger partial charge in [0.1, 0.15) is 18.5 Å².